The molecule has 4 nitrogen and oxygen atoms in total. The predicted molar refractivity (Wildman–Crippen MR) is 105 cm³/mol. The summed E-state index contributed by atoms with van der Waals surface area (Å²) in [5.41, 5.74) is 9.36. The molecule has 6 heteroatoms. The average molecular weight is 390 g/mol. The first-order chi connectivity index (χ1) is 11.8. The van der Waals surface area contributed by atoms with Crippen molar-refractivity contribution in [1.82, 2.24) is 4.57 Å². The van der Waals surface area contributed by atoms with Gasteiger partial charge in [-0.15, -0.1) is 0 Å². The Hall–Kier alpha value is -1.46. The van der Waals surface area contributed by atoms with Crippen molar-refractivity contribution in [1.29, 1.82) is 0 Å². The summed E-state index contributed by atoms with van der Waals surface area (Å²) in [4.78, 5) is 2.47. The summed E-state index contributed by atoms with van der Waals surface area (Å²) in [6, 6.07) is 7.88. The largest absolute Gasteiger partial charge is 1.00 e. The molecule has 2 heterocycles. The average Bonchev–Trinajstić information content (AvgIpc) is 3.25. The highest BCUT2D eigenvalue weighted by Gasteiger charge is 2.34. The van der Waals surface area contributed by atoms with Gasteiger partial charge in [-0.2, -0.15) is 0 Å². The topological polar surface area (TPSA) is 38.1 Å². The number of rotatable bonds is 5. The van der Waals surface area contributed by atoms with Crippen molar-refractivity contribution in [2.24, 2.45) is 5.92 Å². The lowest BCUT2D eigenvalue weighted by molar-refractivity contribution is -0.718. The lowest BCUT2D eigenvalue weighted by atomic mass is 9.90. The van der Waals surface area contributed by atoms with Gasteiger partial charge in [-0.25, -0.2) is 9.13 Å². The Morgan fingerprint density at radius 1 is 1.38 bits per heavy atom. The van der Waals surface area contributed by atoms with Crippen molar-refractivity contribution in [3.8, 4) is 0 Å². The molecule has 1 aliphatic heterocycles. The van der Waals surface area contributed by atoms with Crippen molar-refractivity contribution in [3.05, 3.63) is 42.5 Å². The van der Waals surface area contributed by atoms with Gasteiger partial charge < -0.3 is 23.0 Å². The minimum absolute atomic E-state index is 0. The molecule has 141 valence electrons. The van der Waals surface area contributed by atoms with Gasteiger partial charge in [0.05, 0.1) is 6.54 Å². The molecule has 2 atom stereocenters. The third-order valence-corrected chi connectivity index (χ3v) is 6.65. The maximum absolute atomic E-state index is 5.96. The minimum Gasteiger partial charge on any atom is -1.00 e. The van der Waals surface area contributed by atoms with E-state index in [0.717, 1.165) is 30.4 Å². The molecule has 0 saturated carbocycles. The number of imidazole rings is 1. The first-order valence-corrected chi connectivity index (χ1v) is 9.88. The van der Waals surface area contributed by atoms with E-state index in [1.165, 1.54) is 12.1 Å². The second-order valence-corrected chi connectivity index (χ2v) is 8.36. The fourth-order valence-electron chi connectivity index (χ4n) is 3.51. The van der Waals surface area contributed by atoms with Crippen molar-refractivity contribution in [2.75, 3.05) is 23.7 Å². The van der Waals surface area contributed by atoms with E-state index >= 15 is 0 Å². The first kappa shape index (κ1) is 20.8. The fraction of sp³-hybridized carbons (Fsp3) is 0.550. The molecule has 3 rings (SSSR count). The number of aryl methyl sites for hydroxylation is 1. The second-order valence-electron chi connectivity index (χ2n) is 7.96. The highest BCUT2D eigenvalue weighted by molar-refractivity contribution is 6.08. The molecule has 2 aromatic rings. The zero-order valence-electron chi connectivity index (χ0n) is 16.2. The third kappa shape index (κ3) is 3.94. The van der Waals surface area contributed by atoms with Crippen LogP contribution >= 0.6 is 0 Å². The molecule has 0 spiro atoms. The van der Waals surface area contributed by atoms with Crippen LogP contribution in [0.15, 0.2) is 36.9 Å². The molecule has 2 N–H and O–H groups in total. The van der Waals surface area contributed by atoms with E-state index < -0.39 is 0 Å². The summed E-state index contributed by atoms with van der Waals surface area (Å²) in [6.45, 7) is 11.1. The number of hydrogen-bond donors (Lipinski definition) is 1. The molecule has 3 radical (unpaired) electrons. The Bertz CT molecular complexity index is 743. The number of nitrogens with zero attached hydrogens (tertiary/aromatic N) is 3. The second kappa shape index (κ2) is 8.05. The lowest BCUT2D eigenvalue weighted by Crippen LogP contribution is -3.00. The molecule has 1 aromatic heterocycles. The summed E-state index contributed by atoms with van der Waals surface area (Å²) in [5, 5.41) is 0. The Balaban J connectivity index is 0.00000243. The molecule has 2 unspecified atom stereocenters. The first-order valence-electron chi connectivity index (χ1n) is 9.18. The molecular formula is C20H30ClN4Si. The fourth-order valence-corrected chi connectivity index (χ4v) is 4.01. The van der Waals surface area contributed by atoms with Crippen LogP contribution in [0.5, 0.6) is 0 Å². The molecule has 1 saturated heterocycles. The van der Waals surface area contributed by atoms with Crippen LogP contribution in [0.1, 0.15) is 38.8 Å². The summed E-state index contributed by atoms with van der Waals surface area (Å²) in [7, 11) is 3.68. The molecule has 0 amide bonds. The zero-order valence-corrected chi connectivity index (χ0v) is 18.0. The van der Waals surface area contributed by atoms with Gasteiger partial charge in [-0.3, -0.25) is 0 Å². The molecule has 1 fully saturated rings. The van der Waals surface area contributed by atoms with E-state index in [1.54, 1.807) is 0 Å². The van der Waals surface area contributed by atoms with E-state index in [1.807, 2.05) is 6.07 Å². The maximum atomic E-state index is 5.96. The smallest absolute Gasteiger partial charge is 0.244 e. The highest BCUT2D eigenvalue weighted by Crippen LogP contribution is 2.29. The number of hydrogen-bond acceptors (Lipinski definition) is 2. The van der Waals surface area contributed by atoms with Crippen LogP contribution < -0.4 is 27.6 Å². The number of benzene rings is 1. The van der Waals surface area contributed by atoms with Gasteiger partial charge in [-0.05, 0) is 50.5 Å². The quantitative estimate of drug-likeness (QED) is 0.447. The van der Waals surface area contributed by atoms with Crippen LogP contribution in [0.3, 0.4) is 0 Å². The number of halogens is 1. The summed E-state index contributed by atoms with van der Waals surface area (Å²) < 4.78 is 4.74. The standard InChI is InChI=1S/C20H30N4Si.ClH/c1-15-11-17(5-6-19(15)21)22-8-7-18(12-22)23-9-10-24(14-23)20(3,4)16(2)13-25;/h5-6,9-11,14,16,18H,7-8,12-13,21H2,1-4H3;1H/q+1;/p-1. The Morgan fingerprint density at radius 3 is 2.77 bits per heavy atom. The zero-order chi connectivity index (χ0) is 18.2. The Kier molecular flexibility index (Phi) is 6.45. The predicted octanol–water partition coefficient (Wildman–Crippen LogP) is 0.0796. The monoisotopic (exact) mass is 389 g/mol. The van der Waals surface area contributed by atoms with Crippen LogP contribution in [0.4, 0.5) is 11.4 Å². The maximum Gasteiger partial charge on any atom is 0.244 e. The Labute approximate surface area is 167 Å². The van der Waals surface area contributed by atoms with Gasteiger partial charge in [0.15, 0.2) is 0 Å². The van der Waals surface area contributed by atoms with Crippen molar-refractivity contribution in [2.45, 2.75) is 51.7 Å². The molecular weight excluding hydrogens is 360 g/mol. The summed E-state index contributed by atoms with van der Waals surface area (Å²) >= 11 is 0. The summed E-state index contributed by atoms with van der Waals surface area (Å²) in [6.07, 6.45) is 7.89. The van der Waals surface area contributed by atoms with Gasteiger partial charge >= 0.3 is 0 Å². The van der Waals surface area contributed by atoms with Gasteiger partial charge in [0.25, 0.3) is 0 Å². The normalized spacial score (nSPS) is 18.7. The Morgan fingerprint density at radius 2 is 2.12 bits per heavy atom. The van der Waals surface area contributed by atoms with Crippen LogP contribution in [0.25, 0.3) is 0 Å². The lowest BCUT2D eigenvalue weighted by Gasteiger charge is -2.27. The van der Waals surface area contributed by atoms with E-state index in [9.17, 15) is 0 Å². The van der Waals surface area contributed by atoms with E-state index in [2.05, 4.69) is 82.8 Å². The molecule has 0 bridgehead atoms. The van der Waals surface area contributed by atoms with E-state index in [-0.39, 0.29) is 17.9 Å². The van der Waals surface area contributed by atoms with Crippen LogP contribution in [0.2, 0.25) is 6.04 Å². The van der Waals surface area contributed by atoms with Gasteiger partial charge in [0.2, 0.25) is 6.33 Å². The van der Waals surface area contributed by atoms with E-state index in [0.29, 0.717) is 12.0 Å². The van der Waals surface area contributed by atoms with Crippen molar-refractivity contribution in [3.63, 3.8) is 0 Å². The van der Waals surface area contributed by atoms with Crippen LogP contribution in [0, 0.1) is 12.8 Å². The molecule has 26 heavy (non-hydrogen) atoms. The highest BCUT2D eigenvalue weighted by atomic mass is 35.5. The van der Waals surface area contributed by atoms with Crippen molar-refractivity contribution < 1.29 is 17.0 Å². The van der Waals surface area contributed by atoms with E-state index in [4.69, 9.17) is 5.73 Å². The summed E-state index contributed by atoms with van der Waals surface area (Å²) in [5.74, 6) is 0.558. The molecule has 1 aromatic carbocycles. The number of nitrogen functional groups attached to an aromatic ring is 1. The SMILES string of the molecule is Cc1cc(N2CCC([n+]3ccn(C(C)(C)C(C)C[Si])c3)C2)ccc1N.[Cl-]. The van der Waals surface area contributed by atoms with Crippen LogP contribution in [-0.4, -0.2) is 27.9 Å². The molecule has 0 aliphatic carbocycles. The molecule has 1 aliphatic rings. The van der Waals surface area contributed by atoms with Gasteiger partial charge in [-0.1, -0.05) is 13.0 Å². The minimum atomic E-state index is 0. The van der Waals surface area contributed by atoms with Crippen molar-refractivity contribution >= 4 is 21.6 Å². The number of anilines is 2. The van der Waals surface area contributed by atoms with Gasteiger partial charge in [0.1, 0.15) is 24.0 Å². The number of nitrogens with two attached hydrogens (primary N) is 1. The third-order valence-electron chi connectivity index (χ3n) is 6.04. The van der Waals surface area contributed by atoms with Crippen LogP contribution in [-0.2, 0) is 5.54 Å². The number of aromatic nitrogens is 2. The van der Waals surface area contributed by atoms with Gasteiger partial charge in [0, 0.05) is 34.6 Å².